The summed E-state index contributed by atoms with van der Waals surface area (Å²) in [5, 5.41) is 0. The van der Waals surface area contributed by atoms with Crippen molar-refractivity contribution in [2.24, 2.45) is 0 Å². The third kappa shape index (κ3) is 4.11. The van der Waals surface area contributed by atoms with Crippen LogP contribution in [0.2, 0.25) is 0 Å². The molecule has 0 saturated heterocycles. The summed E-state index contributed by atoms with van der Waals surface area (Å²) in [4.78, 5) is 4.75. The van der Waals surface area contributed by atoms with Crippen molar-refractivity contribution >= 4 is 17.7 Å². The molecule has 0 aliphatic heterocycles. The molecule has 0 atom stereocenters. The van der Waals surface area contributed by atoms with E-state index in [1.165, 1.54) is 5.56 Å². The molecule has 0 saturated carbocycles. The van der Waals surface area contributed by atoms with Crippen LogP contribution in [0.15, 0.2) is 24.3 Å². The lowest BCUT2D eigenvalue weighted by atomic mass is 9.87. The van der Waals surface area contributed by atoms with Crippen LogP contribution in [0.3, 0.4) is 0 Å². The van der Waals surface area contributed by atoms with Gasteiger partial charge in [-0.25, -0.2) is 5.48 Å². The highest BCUT2D eigenvalue weighted by Gasteiger charge is 2.13. The van der Waals surface area contributed by atoms with Gasteiger partial charge in [-0.2, -0.15) is 0 Å². The maximum absolute atomic E-state index is 4.75. The normalized spacial score (nSPS) is 11.5. The van der Waals surface area contributed by atoms with Crippen LogP contribution in [0, 0.1) is 0 Å². The van der Waals surface area contributed by atoms with Gasteiger partial charge in [0.05, 0.1) is 5.69 Å². The third-order valence-corrected chi connectivity index (χ3v) is 2.19. The van der Waals surface area contributed by atoms with E-state index in [-0.39, 0.29) is 5.41 Å². The number of rotatable bonds is 4. The predicted molar refractivity (Wildman–Crippen MR) is 64.4 cm³/mol. The number of hydrogen-bond donors (Lipinski definition) is 1. The van der Waals surface area contributed by atoms with Gasteiger partial charge in [0.25, 0.3) is 0 Å². The van der Waals surface area contributed by atoms with Crippen LogP contribution in [-0.4, -0.2) is 6.26 Å². The van der Waals surface area contributed by atoms with Gasteiger partial charge in [-0.15, -0.1) is 9.32 Å². The number of anilines is 1. The zero-order valence-corrected chi connectivity index (χ0v) is 10.4. The van der Waals surface area contributed by atoms with Gasteiger partial charge in [-0.3, -0.25) is 0 Å². The summed E-state index contributed by atoms with van der Waals surface area (Å²) in [6.45, 7) is 6.52. The van der Waals surface area contributed by atoms with Crippen molar-refractivity contribution in [1.29, 1.82) is 0 Å². The first-order chi connectivity index (χ1) is 7.04. The van der Waals surface area contributed by atoms with Crippen LogP contribution in [-0.2, 0) is 14.7 Å². The van der Waals surface area contributed by atoms with Crippen LogP contribution < -0.4 is 5.48 Å². The lowest BCUT2D eigenvalue weighted by Gasteiger charge is -2.19. The van der Waals surface area contributed by atoms with Crippen LogP contribution in [0.25, 0.3) is 0 Å². The standard InChI is InChI=1S/C11H17NO2S/c1-11(2,3)9-6-5-7-10(8-9)12-13-14-15-4/h5-8,12H,1-4H3. The summed E-state index contributed by atoms with van der Waals surface area (Å²) in [6, 6.07) is 8.06. The van der Waals surface area contributed by atoms with E-state index in [0.717, 1.165) is 17.7 Å². The smallest absolute Gasteiger partial charge is 0.0638 e. The largest absolute Gasteiger partial charge is 0.234 e. The average molecular weight is 227 g/mol. The zero-order chi connectivity index (χ0) is 11.3. The molecule has 1 aromatic carbocycles. The summed E-state index contributed by atoms with van der Waals surface area (Å²) < 4.78 is 4.67. The minimum atomic E-state index is 0.137. The van der Waals surface area contributed by atoms with Crippen molar-refractivity contribution in [3.05, 3.63) is 29.8 Å². The van der Waals surface area contributed by atoms with E-state index in [0.29, 0.717) is 0 Å². The molecule has 0 bridgehead atoms. The highest BCUT2D eigenvalue weighted by molar-refractivity contribution is 7.93. The summed E-state index contributed by atoms with van der Waals surface area (Å²) in [6.07, 6.45) is 1.78. The van der Waals surface area contributed by atoms with E-state index in [2.05, 4.69) is 36.7 Å². The number of benzene rings is 1. The predicted octanol–water partition coefficient (Wildman–Crippen LogP) is 3.54. The topological polar surface area (TPSA) is 30.5 Å². The lowest BCUT2D eigenvalue weighted by Crippen LogP contribution is -2.11. The molecule has 0 fully saturated rings. The van der Waals surface area contributed by atoms with E-state index < -0.39 is 0 Å². The zero-order valence-electron chi connectivity index (χ0n) is 9.53. The Morgan fingerprint density at radius 3 is 2.60 bits per heavy atom. The maximum Gasteiger partial charge on any atom is 0.0638 e. The Labute approximate surface area is 95.2 Å². The number of hydrogen-bond acceptors (Lipinski definition) is 4. The van der Waals surface area contributed by atoms with Crippen molar-refractivity contribution in [1.82, 2.24) is 0 Å². The first-order valence-corrected chi connectivity index (χ1v) is 5.92. The van der Waals surface area contributed by atoms with Gasteiger partial charge in [0.2, 0.25) is 0 Å². The van der Waals surface area contributed by atoms with Crippen molar-refractivity contribution in [2.75, 3.05) is 11.7 Å². The molecule has 0 heterocycles. The molecule has 15 heavy (non-hydrogen) atoms. The van der Waals surface area contributed by atoms with Crippen LogP contribution in [0.5, 0.6) is 0 Å². The Morgan fingerprint density at radius 1 is 1.27 bits per heavy atom. The first-order valence-electron chi connectivity index (χ1n) is 4.77. The second-order valence-electron chi connectivity index (χ2n) is 4.25. The summed E-state index contributed by atoms with van der Waals surface area (Å²) in [5.74, 6) is 0. The summed E-state index contributed by atoms with van der Waals surface area (Å²) in [5.41, 5.74) is 4.99. The van der Waals surface area contributed by atoms with Crippen LogP contribution in [0.4, 0.5) is 5.69 Å². The first kappa shape index (κ1) is 12.4. The second-order valence-corrected chi connectivity index (χ2v) is 4.72. The SMILES string of the molecule is CSOONc1cccc(C(C)(C)C)c1. The van der Waals surface area contributed by atoms with Crippen molar-refractivity contribution in [3.63, 3.8) is 0 Å². The third-order valence-electron chi connectivity index (χ3n) is 1.99. The van der Waals surface area contributed by atoms with E-state index in [1.807, 2.05) is 18.2 Å². The average Bonchev–Trinajstić information content (AvgIpc) is 2.17. The fraction of sp³-hybridized carbons (Fsp3) is 0.455. The van der Waals surface area contributed by atoms with Crippen LogP contribution >= 0.6 is 12.0 Å². The Kier molecular flexibility index (Phi) is 4.45. The monoisotopic (exact) mass is 227 g/mol. The second kappa shape index (κ2) is 5.39. The fourth-order valence-corrected chi connectivity index (χ4v) is 1.25. The summed E-state index contributed by atoms with van der Waals surface area (Å²) >= 11 is 1.15. The van der Waals surface area contributed by atoms with E-state index in [1.54, 1.807) is 6.26 Å². The van der Waals surface area contributed by atoms with Crippen LogP contribution in [0.1, 0.15) is 26.3 Å². The number of nitrogens with one attached hydrogen (secondary N) is 1. The molecular weight excluding hydrogens is 210 g/mol. The molecule has 84 valence electrons. The highest BCUT2D eigenvalue weighted by atomic mass is 32.2. The van der Waals surface area contributed by atoms with Gasteiger partial charge in [0.1, 0.15) is 0 Å². The minimum Gasteiger partial charge on any atom is -0.234 e. The molecule has 0 aliphatic rings. The summed E-state index contributed by atoms with van der Waals surface area (Å²) in [7, 11) is 0. The van der Waals surface area contributed by atoms with Gasteiger partial charge in [0.15, 0.2) is 0 Å². The van der Waals surface area contributed by atoms with E-state index in [4.69, 9.17) is 4.99 Å². The van der Waals surface area contributed by atoms with Gasteiger partial charge in [-0.1, -0.05) is 32.9 Å². The van der Waals surface area contributed by atoms with Gasteiger partial charge >= 0.3 is 0 Å². The molecule has 1 aromatic rings. The maximum atomic E-state index is 4.75. The molecule has 4 heteroatoms. The molecule has 0 unspecified atom stereocenters. The van der Waals surface area contributed by atoms with Gasteiger partial charge < -0.3 is 0 Å². The Morgan fingerprint density at radius 2 is 2.00 bits per heavy atom. The molecule has 0 radical (unpaired) electrons. The fourth-order valence-electron chi connectivity index (χ4n) is 1.15. The molecule has 0 aromatic heterocycles. The Hall–Kier alpha value is -0.710. The van der Waals surface area contributed by atoms with Gasteiger partial charge in [-0.05, 0) is 23.1 Å². The molecule has 1 N–H and O–H groups in total. The highest BCUT2D eigenvalue weighted by Crippen LogP contribution is 2.24. The quantitative estimate of drug-likeness (QED) is 0.369. The van der Waals surface area contributed by atoms with E-state index in [9.17, 15) is 0 Å². The minimum absolute atomic E-state index is 0.137. The molecular formula is C11H17NO2S. The van der Waals surface area contributed by atoms with Crippen molar-refractivity contribution in [3.8, 4) is 0 Å². The van der Waals surface area contributed by atoms with Crippen molar-refractivity contribution in [2.45, 2.75) is 26.2 Å². The molecule has 0 amide bonds. The Bertz CT molecular complexity index is 310. The Balaban J connectivity index is 2.66. The molecule has 1 rings (SSSR count). The molecule has 0 spiro atoms. The van der Waals surface area contributed by atoms with Gasteiger partial charge in [0, 0.05) is 18.3 Å². The van der Waals surface area contributed by atoms with Crippen molar-refractivity contribution < 1.29 is 9.32 Å². The van der Waals surface area contributed by atoms with E-state index >= 15 is 0 Å². The lowest BCUT2D eigenvalue weighted by molar-refractivity contribution is -0.160. The molecule has 0 aliphatic carbocycles. The molecule has 3 nitrogen and oxygen atoms in total.